The summed E-state index contributed by atoms with van der Waals surface area (Å²) < 4.78 is 5.67. The minimum absolute atomic E-state index is 0.0199. The zero-order chi connectivity index (χ0) is 32.0. The first-order chi connectivity index (χ1) is 21.2. The van der Waals surface area contributed by atoms with Gasteiger partial charge < -0.3 is 15.0 Å². The number of ether oxygens (including phenoxy) is 1. The maximum Gasteiger partial charge on any atom is 0.410 e. The van der Waals surface area contributed by atoms with Gasteiger partial charge in [0.1, 0.15) is 5.60 Å². The highest BCUT2D eigenvalue weighted by molar-refractivity contribution is 7.15. The summed E-state index contributed by atoms with van der Waals surface area (Å²) in [6, 6.07) is 0.0920. The number of nitrogens with zero attached hydrogens (tertiary/aromatic N) is 2. The first-order valence-corrected chi connectivity index (χ1v) is 17.2. The van der Waals surface area contributed by atoms with Gasteiger partial charge in [-0.1, -0.05) is 86.8 Å². The second-order valence-corrected chi connectivity index (χ2v) is 13.0. The van der Waals surface area contributed by atoms with E-state index < -0.39 is 5.60 Å². The molecule has 1 atom stereocenters. The summed E-state index contributed by atoms with van der Waals surface area (Å²) >= 11 is 1.53. The first-order valence-electron chi connectivity index (χ1n) is 16.4. The van der Waals surface area contributed by atoms with Crippen molar-refractivity contribution in [3.8, 4) is 0 Å². The number of thiazole rings is 1. The normalized spacial score (nSPS) is 15.9. The van der Waals surface area contributed by atoms with E-state index in [1.807, 2.05) is 25.7 Å². The van der Waals surface area contributed by atoms with Crippen LogP contribution in [0.5, 0.6) is 0 Å². The highest BCUT2D eigenvalue weighted by Crippen LogP contribution is 2.32. The minimum Gasteiger partial charge on any atom is -0.444 e. The van der Waals surface area contributed by atoms with E-state index in [0.717, 1.165) is 74.8 Å². The molecule has 0 bridgehead atoms. The number of amides is 2. The molecule has 0 aliphatic heterocycles. The largest absolute Gasteiger partial charge is 0.444 e. The Kier molecular flexibility index (Phi) is 18.1. The average Bonchev–Trinajstić information content (AvgIpc) is 3.37. The summed E-state index contributed by atoms with van der Waals surface area (Å²) in [5.74, 6) is -0.0199. The minimum atomic E-state index is -0.518. The Bertz CT molecular complexity index is 1170. The van der Waals surface area contributed by atoms with Crippen LogP contribution in [0.25, 0.3) is 0 Å². The molecule has 1 aliphatic carbocycles. The van der Waals surface area contributed by atoms with E-state index in [9.17, 15) is 9.59 Å². The standard InChI is InChI=1S/C37H55N3O3S/c1-6-8-9-10-11-12-13-14-15-16-17-18-19-20-21-22-23-24-25-26-34(41)39-35-38-32-28-27-31(30-33(32)44-35)40(29-7-2)36(42)43-37(3,4)5/h8-9,11-12,14-15,17-18,20-21,23-24,31H,6-7,10,13,16,19,22,25-30H2,1-5H3,(H,38,39,41). The van der Waals surface area contributed by atoms with Gasteiger partial charge in [-0.25, -0.2) is 9.78 Å². The summed E-state index contributed by atoms with van der Waals surface area (Å²) in [6.07, 6.45) is 36.2. The van der Waals surface area contributed by atoms with Gasteiger partial charge in [0, 0.05) is 30.3 Å². The van der Waals surface area contributed by atoms with Crippen molar-refractivity contribution in [3.05, 3.63) is 83.5 Å². The second-order valence-electron chi connectivity index (χ2n) is 12.0. The highest BCUT2D eigenvalue weighted by atomic mass is 32.1. The number of hydrogen-bond donors (Lipinski definition) is 1. The lowest BCUT2D eigenvalue weighted by Gasteiger charge is -2.35. The van der Waals surface area contributed by atoms with Crippen LogP contribution in [0.15, 0.2) is 72.9 Å². The lowest BCUT2D eigenvalue weighted by Crippen LogP contribution is -2.46. The van der Waals surface area contributed by atoms with Gasteiger partial charge in [-0.3, -0.25) is 4.79 Å². The quantitative estimate of drug-likeness (QED) is 0.166. The number of nitrogens with one attached hydrogen (secondary N) is 1. The van der Waals surface area contributed by atoms with Gasteiger partial charge in [0.2, 0.25) is 5.91 Å². The van der Waals surface area contributed by atoms with Crippen LogP contribution < -0.4 is 5.32 Å². The van der Waals surface area contributed by atoms with E-state index in [4.69, 9.17) is 4.74 Å². The Balaban J connectivity index is 1.63. The summed E-state index contributed by atoms with van der Waals surface area (Å²) in [5.41, 5.74) is 0.523. The van der Waals surface area contributed by atoms with Crippen molar-refractivity contribution >= 4 is 28.5 Å². The zero-order valence-corrected chi connectivity index (χ0v) is 28.5. The molecule has 7 heteroatoms. The van der Waals surface area contributed by atoms with Crippen molar-refractivity contribution in [1.82, 2.24) is 9.88 Å². The maximum absolute atomic E-state index is 12.8. The molecule has 1 unspecified atom stereocenters. The van der Waals surface area contributed by atoms with Crippen LogP contribution in [0, 0.1) is 0 Å². The SMILES string of the molecule is CCC=CCC=CCC=CCC=CCC=CCC=CCCC(=O)Nc1nc2c(s1)CC(N(CCC)C(=O)OC(C)(C)C)CC2. The smallest absolute Gasteiger partial charge is 0.410 e. The van der Waals surface area contributed by atoms with Gasteiger partial charge in [-0.05, 0) is 85.0 Å². The van der Waals surface area contributed by atoms with Crippen molar-refractivity contribution in [2.24, 2.45) is 0 Å². The van der Waals surface area contributed by atoms with Crippen LogP contribution >= 0.6 is 11.3 Å². The average molecular weight is 622 g/mol. The van der Waals surface area contributed by atoms with Crippen molar-refractivity contribution in [2.75, 3.05) is 11.9 Å². The van der Waals surface area contributed by atoms with Crippen molar-refractivity contribution in [2.45, 2.75) is 123 Å². The molecule has 6 nitrogen and oxygen atoms in total. The number of allylic oxidation sites excluding steroid dienone is 12. The van der Waals surface area contributed by atoms with Crippen LogP contribution in [0.2, 0.25) is 0 Å². The van der Waals surface area contributed by atoms with E-state index >= 15 is 0 Å². The molecule has 1 aromatic rings. The topological polar surface area (TPSA) is 71.5 Å². The lowest BCUT2D eigenvalue weighted by atomic mass is 9.96. The van der Waals surface area contributed by atoms with E-state index in [1.54, 1.807) is 0 Å². The third kappa shape index (κ3) is 16.0. The molecule has 2 amide bonds. The number of fused-ring (bicyclic) bond motifs is 1. The monoisotopic (exact) mass is 621 g/mol. The Labute approximate surface area is 270 Å². The molecule has 0 radical (unpaired) electrons. The van der Waals surface area contributed by atoms with E-state index in [0.29, 0.717) is 24.5 Å². The molecule has 0 spiro atoms. The number of hydrogen-bond acceptors (Lipinski definition) is 5. The Hall–Kier alpha value is -3.19. The van der Waals surface area contributed by atoms with Crippen molar-refractivity contribution in [1.29, 1.82) is 0 Å². The van der Waals surface area contributed by atoms with Gasteiger partial charge in [-0.2, -0.15) is 0 Å². The molecule has 0 saturated heterocycles. The molecule has 0 fully saturated rings. The lowest BCUT2D eigenvalue weighted by molar-refractivity contribution is -0.116. The molecule has 1 aromatic heterocycles. The van der Waals surface area contributed by atoms with Gasteiger partial charge in [0.05, 0.1) is 5.69 Å². The van der Waals surface area contributed by atoms with Gasteiger partial charge in [0.25, 0.3) is 0 Å². The molecule has 0 aromatic carbocycles. The maximum atomic E-state index is 12.8. The third-order valence-electron chi connectivity index (χ3n) is 6.83. The van der Waals surface area contributed by atoms with Gasteiger partial charge in [0.15, 0.2) is 5.13 Å². The van der Waals surface area contributed by atoms with Crippen LogP contribution in [-0.2, 0) is 22.4 Å². The van der Waals surface area contributed by atoms with Crippen LogP contribution in [0.1, 0.15) is 109 Å². The number of anilines is 1. The predicted octanol–water partition coefficient (Wildman–Crippen LogP) is 10.1. The molecule has 0 saturated carbocycles. The third-order valence-corrected chi connectivity index (χ3v) is 7.86. The van der Waals surface area contributed by atoms with Crippen LogP contribution in [0.3, 0.4) is 0 Å². The number of carbonyl (C=O) groups is 2. The zero-order valence-electron chi connectivity index (χ0n) is 27.7. The Morgan fingerprint density at radius 1 is 0.886 bits per heavy atom. The molecule has 1 heterocycles. The number of rotatable bonds is 18. The van der Waals surface area contributed by atoms with Crippen molar-refractivity contribution < 1.29 is 14.3 Å². The van der Waals surface area contributed by atoms with Gasteiger partial charge >= 0.3 is 6.09 Å². The summed E-state index contributed by atoms with van der Waals surface area (Å²) in [6.45, 7) is 10.6. The summed E-state index contributed by atoms with van der Waals surface area (Å²) in [4.78, 5) is 33.0. The molecule has 242 valence electrons. The molecular formula is C37H55N3O3S. The molecule has 1 aliphatic rings. The number of aryl methyl sites for hydroxylation is 1. The number of aromatic nitrogens is 1. The summed E-state index contributed by atoms with van der Waals surface area (Å²) in [5, 5.41) is 3.63. The second kappa shape index (κ2) is 21.5. The number of carbonyl (C=O) groups excluding carboxylic acids is 2. The van der Waals surface area contributed by atoms with E-state index in [1.165, 1.54) is 11.3 Å². The Morgan fingerprint density at radius 3 is 1.95 bits per heavy atom. The van der Waals surface area contributed by atoms with Gasteiger partial charge in [-0.15, -0.1) is 11.3 Å². The fourth-order valence-electron chi connectivity index (χ4n) is 4.70. The van der Waals surface area contributed by atoms with Crippen LogP contribution in [0.4, 0.5) is 9.93 Å². The molecule has 2 rings (SSSR count). The van der Waals surface area contributed by atoms with Crippen LogP contribution in [-0.4, -0.2) is 40.1 Å². The van der Waals surface area contributed by atoms with E-state index in [-0.39, 0.29) is 18.0 Å². The van der Waals surface area contributed by atoms with Crippen molar-refractivity contribution in [3.63, 3.8) is 0 Å². The van der Waals surface area contributed by atoms with E-state index in [2.05, 4.69) is 97.1 Å². The predicted molar refractivity (Wildman–Crippen MR) is 187 cm³/mol. The molecular weight excluding hydrogens is 566 g/mol. The fraction of sp³-hybridized carbons (Fsp3) is 0.541. The Morgan fingerprint density at radius 2 is 1.43 bits per heavy atom. The highest BCUT2D eigenvalue weighted by Gasteiger charge is 2.32. The molecule has 44 heavy (non-hydrogen) atoms. The fourth-order valence-corrected chi connectivity index (χ4v) is 5.79. The first kappa shape index (κ1) is 37.0. The molecule has 1 N–H and O–H groups in total. The summed E-state index contributed by atoms with van der Waals surface area (Å²) in [7, 11) is 0.